The maximum Gasteiger partial charge on any atom is 0.160 e. The summed E-state index contributed by atoms with van der Waals surface area (Å²) in [6.45, 7) is 0. The lowest BCUT2D eigenvalue weighted by Crippen LogP contribution is -2.10. The molecule has 2 heterocycles. The molecule has 3 heteroatoms. The first-order valence-electron chi connectivity index (χ1n) is 20.8. The highest BCUT2D eigenvalue weighted by molar-refractivity contribution is 6.23. The molecule has 61 heavy (non-hydrogen) atoms. The van der Waals surface area contributed by atoms with Gasteiger partial charge in [0.25, 0.3) is 0 Å². The molecule has 0 radical (unpaired) electrons. The quantitative estimate of drug-likeness (QED) is 0.161. The molecule has 0 bridgehead atoms. The Balaban J connectivity index is 1.08. The molecule has 0 fully saturated rings. The first kappa shape index (κ1) is 34.9. The molecule has 286 valence electrons. The second-order valence-corrected chi connectivity index (χ2v) is 15.7. The molecule has 0 amide bonds. The van der Waals surface area contributed by atoms with Gasteiger partial charge in [-0.2, -0.15) is 0 Å². The lowest BCUT2D eigenvalue weighted by molar-refractivity contribution is 0.669. The molecule has 3 nitrogen and oxygen atoms in total. The van der Waals surface area contributed by atoms with Crippen LogP contribution in [0.5, 0.6) is 0 Å². The molecule has 0 aliphatic rings. The Labute approximate surface area is 353 Å². The highest BCUT2D eigenvalue weighted by atomic mass is 16.3. The second kappa shape index (κ2) is 14.3. The third-order valence-electron chi connectivity index (χ3n) is 12.2. The largest absolute Gasteiger partial charge is 0.454 e. The first-order valence-corrected chi connectivity index (χ1v) is 20.8. The fourth-order valence-corrected chi connectivity index (χ4v) is 9.33. The molecule has 10 aromatic carbocycles. The van der Waals surface area contributed by atoms with E-state index < -0.39 is 0 Å². The van der Waals surface area contributed by atoms with Crippen molar-refractivity contribution in [3.05, 3.63) is 231 Å². The van der Waals surface area contributed by atoms with Crippen LogP contribution in [0, 0.1) is 0 Å². The number of furan rings is 1. The summed E-state index contributed by atoms with van der Waals surface area (Å²) in [5.41, 5.74) is 15.3. The van der Waals surface area contributed by atoms with Gasteiger partial charge in [-0.3, -0.25) is 0 Å². The first-order chi connectivity index (χ1) is 30.3. The van der Waals surface area contributed by atoms with Gasteiger partial charge in [-0.1, -0.05) is 170 Å². The van der Waals surface area contributed by atoms with Gasteiger partial charge in [0.05, 0.1) is 16.7 Å². The molecule has 0 N–H and O–H groups in total. The third kappa shape index (κ3) is 5.82. The number of aromatic nitrogens is 1. The van der Waals surface area contributed by atoms with E-state index in [1.165, 1.54) is 44.1 Å². The van der Waals surface area contributed by atoms with E-state index in [0.29, 0.717) is 0 Å². The molecule has 12 aromatic rings. The molecule has 0 unspecified atom stereocenters. The van der Waals surface area contributed by atoms with Crippen molar-refractivity contribution < 1.29 is 4.42 Å². The minimum Gasteiger partial charge on any atom is -0.454 e. The molecule has 0 spiro atoms. The highest BCUT2D eigenvalue weighted by Crippen LogP contribution is 2.47. The second-order valence-electron chi connectivity index (χ2n) is 15.7. The number of hydrogen-bond acceptors (Lipinski definition) is 2. The van der Waals surface area contributed by atoms with Gasteiger partial charge in [0.15, 0.2) is 5.58 Å². The van der Waals surface area contributed by atoms with Gasteiger partial charge in [0.1, 0.15) is 5.58 Å². The molecular weight excluding hydrogens is 741 g/mol. The fourth-order valence-electron chi connectivity index (χ4n) is 9.33. The van der Waals surface area contributed by atoms with Crippen LogP contribution < -0.4 is 4.90 Å². The molecule has 0 aliphatic carbocycles. The predicted octanol–water partition coefficient (Wildman–Crippen LogP) is 16.3. The Kier molecular flexibility index (Phi) is 8.17. The van der Waals surface area contributed by atoms with Gasteiger partial charge in [-0.05, 0) is 99.3 Å². The summed E-state index contributed by atoms with van der Waals surface area (Å²) in [6, 6.07) is 82.6. The minimum absolute atomic E-state index is 0.849. The van der Waals surface area contributed by atoms with Crippen LogP contribution in [0.15, 0.2) is 235 Å². The van der Waals surface area contributed by atoms with E-state index >= 15 is 0 Å². The van der Waals surface area contributed by atoms with Crippen LogP contribution in [0.2, 0.25) is 0 Å². The topological polar surface area (TPSA) is 21.3 Å². The van der Waals surface area contributed by atoms with Crippen molar-refractivity contribution >= 4 is 71.6 Å². The van der Waals surface area contributed by atoms with E-state index in [9.17, 15) is 0 Å². The molecular formula is C58H38N2O. The fraction of sp³-hybridized carbons (Fsp3) is 0. The normalized spacial score (nSPS) is 11.6. The van der Waals surface area contributed by atoms with Crippen LogP contribution >= 0.6 is 0 Å². The van der Waals surface area contributed by atoms with Crippen molar-refractivity contribution in [2.24, 2.45) is 0 Å². The molecule has 0 aliphatic heterocycles. The number of para-hydroxylation sites is 3. The highest BCUT2D eigenvalue weighted by Gasteiger charge is 2.23. The average molecular weight is 779 g/mol. The Morgan fingerprint density at radius 1 is 0.377 bits per heavy atom. The summed E-state index contributed by atoms with van der Waals surface area (Å²) < 4.78 is 9.60. The predicted molar refractivity (Wildman–Crippen MR) is 257 cm³/mol. The maximum atomic E-state index is 7.20. The average Bonchev–Trinajstić information content (AvgIpc) is 3.89. The van der Waals surface area contributed by atoms with Crippen molar-refractivity contribution in [1.29, 1.82) is 0 Å². The molecule has 2 aromatic heterocycles. The maximum absolute atomic E-state index is 7.20. The van der Waals surface area contributed by atoms with E-state index in [2.05, 4.69) is 240 Å². The molecule has 0 saturated heterocycles. The summed E-state index contributed by atoms with van der Waals surface area (Å²) in [5.74, 6) is 0. The SMILES string of the molecule is c1ccc(-c2ccc(N(c3ccc(-c4ccccc4)cc3)c3cc4ccccc4c4c3oc3cc(-c5cccc6c7ccccc7n(-c7ccccc7)c56)ccc34)cc2)cc1. The summed E-state index contributed by atoms with van der Waals surface area (Å²) >= 11 is 0. The zero-order valence-electron chi connectivity index (χ0n) is 33.2. The molecule has 0 atom stereocenters. The van der Waals surface area contributed by atoms with Crippen molar-refractivity contribution in [3.8, 4) is 39.1 Å². The summed E-state index contributed by atoms with van der Waals surface area (Å²) in [4.78, 5) is 2.35. The summed E-state index contributed by atoms with van der Waals surface area (Å²) in [5, 5.41) is 6.98. The molecule has 12 rings (SSSR count). The van der Waals surface area contributed by atoms with Gasteiger partial charge in [-0.15, -0.1) is 0 Å². The van der Waals surface area contributed by atoms with E-state index in [1.54, 1.807) is 0 Å². The smallest absolute Gasteiger partial charge is 0.160 e. The van der Waals surface area contributed by atoms with Crippen LogP contribution in [0.1, 0.15) is 0 Å². The zero-order chi connectivity index (χ0) is 40.3. The van der Waals surface area contributed by atoms with Gasteiger partial charge >= 0.3 is 0 Å². The number of benzene rings is 10. The van der Waals surface area contributed by atoms with Gasteiger partial charge in [0, 0.05) is 44.2 Å². The lowest BCUT2D eigenvalue weighted by atomic mass is 9.98. The van der Waals surface area contributed by atoms with Crippen LogP contribution in [0.25, 0.3) is 93.6 Å². The summed E-state index contributed by atoms with van der Waals surface area (Å²) in [7, 11) is 0. The minimum atomic E-state index is 0.849. The Bertz CT molecular complexity index is 3470. The van der Waals surface area contributed by atoms with Crippen molar-refractivity contribution in [1.82, 2.24) is 4.57 Å². The number of rotatable bonds is 7. The van der Waals surface area contributed by atoms with E-state index in [0.717, 1.165) is 66.6 Å². The molecule has 0 saturated carbocycles. The Morgan fingerprint density at radius 2 is 0.918 bits per heavy atom. The lowest BCUT2D eigenvalue weighted by Gasteiger charge is -2.26. The van der Waals surface area contributed by atoms with Crippen molar-refractivity contribution in [3.63, 3.8) is 0 Å². The van der Waals surface area contributed by atoms with Crippen LogP contribution in [0.3, 0.4) is 0 Å². The van der Waals surface area contributed by atoms with Gasteiger partial charge < -0.3 is 13.9 Å². The van der Waals surface area contributed by atoms with Crippen molar-refractivity contribution in [2.75, 3.05) is 4.90 Å². The standard InChI is InChI=1S/C58H38N2O/c1-4-15-39(16-5-1)41-27-32-46(33-28-41)59(47-34-29-42(30-35-47)40-17-6-2-7-18-40)54-37-43-19-10-11-22-48(43)56-52-36-31-44(38-55(52)61-58(54)56)49-24-14-25-51-50-23-12-13-26-53(50)60(57(49)51)45-20-8-3-9-21-45/h1-38H. The van der Waals surface area contributed by atoms with Gasteiger partial charge in [0.2, 0.25) is 0 Å². The van der Waals surface area contributed by atoms with Crippen LogP contribution in [-0.2, 0) is 0 Å². The van der Waals surface area contributed by atoms with E-state index in [4.69, 9.17) is 4.42 Å². The van der Waals surface area contributed by atoms with E-state index in [1.807, 2.05) is 0 Å². The Hall–Kier alpha value is -8.14. The van der Waals surface area contributed by atoms with Crippen LogP contribution in [-0.4, -0.2) is 4.57 Å². The number of fused-ring (bicyclic) bond motifs is 8. The van der Waals surface area contributed by atoms with E-state index in [-0.39, 0.29) is 0 Å². The Morgan fingerprint density at radius 3 is 1.59 bits per heavy atom. The van der Waals surface area contributed by atoms with Gasteiger partial charge in [-0.25, -0.2) is 0 Å². The zero-order valence-corrected chi connectivity index (χ0v) is 33.2. The van der Waals surface area contributed by atoms with Crippen LogP contribution in [0.4, 0.5) is 17.1 Å². The van der Waals surface area contributed by atoms with Crippen molar-refractivity contribution in [2.45, 2.75) is 0 Å². The number of hydrogen-bond donors (Lipinski definition) is 0. The third-order valence-corrected chi connectivity index (χ3v) is 12.2. The summed E-state index contributed by atoms with van der Waals surface area (Å²) in [6.07, 6.45) is 0. The number of nitrogens with zero attached hydrogens (tertiary/aromatic N) is 2. The monoisotopic (exact) mass is 778 g/mol. The number of anilines is 3.